The molecule has 116 valence electrons. The first kappa shape index (κ1) is 15.2. The number of pyridine rings is 1. The van der Waals surface area contributed by atoms with E-state index in [1.54, 1.807) is 36.5 Å². The highest BCUT2D eigenvalue weighted by atomic mass is 19.1. The van der Waals surface area contributed by atoms with Crippen LogP contribution in [0.3, 0.4) is 0 Å². The highest BCUT2D eigenvalue weighted by molar-refractivity contribution is 5.90. The van der Waals surface area contributed by atoms with Crippen molar-refractivity contribution in [3.05, 3.63) is 65.1 Å². The lowest BCUT2D eigenvalue weighted by Gasteiger charge is -2.12. The molecule has 2 aromatic carbocycles. The van der Waals surface area contributed by atoms with Gasteiger partial charge in [0.1, 0.15) is 23.6 Å². The van der Waals surface area contributed by atoms with Crippen molar-refractivity contribution in [1.29, 1.82) is 0 Å². The Morgan fingerprint density at radius 3 is 2.74 bits per heavy atom. The van der Waals surface area contributed by atoms with E-state index in [9.17, 15) is 9.18 Å². The van der Waals surface area contributed by atoms with Gasteiger partial charge in [-0.15, -0.1) is 0 Å². The minimum absolute atomic E-state index is 0.278. The summed E-state index contributed by atoms with van der Waals surface area (Å²) in [5.41, 5.74) is 2.79. The fraction of sp³-hybridized carbons (Fsp3) is 0.158. The molecule has 0 aliphatic carbocycles. The largest absolute Gasteiger partial charge is 0.456 e. The number of halogens is 1. The summed E-state index contributed by atoms with van der Waals surface area (Å²) in [7, 11) is 0. The van der Waals surface area contributed by atoms with Crippen molar-refractivity contribution in [1.82, 2.24) is 4.98 Å². The summed E-state index contributed by atoms with van der Waals surface area (Å²) in [5, 5.41) is 0.719. The zero-order chi connectivity index (χ0) is 16.4. The van der Waals surface area contributed by atoms with Crippen LogP contribution in [-0.2, 0) is 6.42 Å². The molecule has 0 bridgehead atoms. The number of fused-ring (bicyclic) bond motifs is 1. The summed E-state index contributed by atoms with van der Waals surface area (Å²) in [5.74, 6) is 0.731. The Morgan fingerprint density at radius 1 is 1.17 bits per heavy atom. The van der Waals surface area contributed by atoms with Crippen molar-refractivity contribution < 1.29 is 13.9 Å². The van der Waals surface area contributed by atoms with Gasteiger partial charge in [0.05, 0.1) is 5.52 Å². The molecule has 0 unspecified atom stereocenters. The number of hydrogen-bond donors (Lipinski definition) is 0. The molecule has 1 aromatic heterocycles. The predicted molar refractivity (Wildman–Crippen MR) is 87.7 cm³/mol. The first-order valence-electron chi connectivity index (χ1n) is 7.43. The molecule has 0 atom stereocenters. The Hall–Kier alpha value is -2.75. The van der Waals surface area contributed by atoms with Gasteiger partial charge in [0.25, 0.3) is 0 Å². The maximum Gasteiger partial charge on any atom is 0.150 e. The fourth-order valence-electron chi connectivity index (χ4n) is 2.52. The summed E-state index contributed by atoms with van der Waals surface area (Å²) >= 11 is 0. The van der Waals surface area contributed by atoms with E-state index in [4.69, 9.17) is 4.74 Å². The molecule has 0 N–H and O–H groups in total. The lowest BCUT2D eigenvalue weighted by atomic mass is 10.1. The summed E-state index contributed by atoms with van der Waals surface area (Å²) in [6.07, 6.45) is 3.04. The zero-order valence-electron chi connectivity index (χ0n) is 13.0. The Labute approximate surface area is 133 Å². The molecule has 3 rings (SSSR count). The van der Waals surface area contributed by atoms with Crippen LogP contribution >= 0.6 is 0 Å². The molecule has 0 saturated carbocycles. The lowest BCUT2D eigenvalue weighted by Crippen LogP contribution is -1.95. The minimum atomic E-state index is -0.278. The number of aryl methyl sites for hydroxylation is 2. The SMILES string of the molecule is CCc1cc(C)c(Oc2ccnc3ccc(C=O)cc23)cc1F. The second-order valence-corrected chi connectivity index (χ2v) is 5.37. The van der Waals surface area contributed by atoms with Crippen molar-refractivity contribution in [2.75, 3.05) is 0 Å². The molecule has 0 aliphatic heterocycles. The van der Waals surface area contributed by atoms with E-state index < -0.39 is 0 Å². The van der Waals surface area contributed by atoms with Gasteiger partial charge in [0, 0.05) is 23.2 Å². The van der Waals surface area contributed by atoms with E-state index in [2.05, 4.69) is 4.98 Å². The van der Waals surface area contributed by atoms with Crippen molar-refractivity contribution in [2.45, 2.75) is 20.3 Å². The van der Waals surface area contributed by atoms with Gasteiger partial charge in [-0.25, -0.2) is 4.39 Å². The number of nitrogens with zero attached hydrogens (tertiary/aromatic N) is 1. The molecular formula is C19H16FNO2. The fourth-order valence-corrected chi connectivity index (χ4v) is 2.52. The topological polar surface area (TPSA) is 39.2 Å². The summed E-state index contributed by atoms with van der Waals surface area (Å²) in [4.78, 5) is 15.2. The highest BCUT2D eigenvalue weighted by Crippen LogP contribution is 2.32. The van der Waals surface area contributed by atoms with Crippen LogP contribution in [0.25, 0.3) is 10.9 Å². The van der Waals surface area contributed by atoms with E-state index >= 15 is 0 Å². The Morgan fingerprint density at radius 2 is 2.00 bits per heavy atom. The standard InChI is InChI=1S/C19H16FNO2/c1-3-14-8-12(2)19(10-16(14)20)23-18-6-7-21-17-5-4-13(11-22)9-15(17)18/h4-11H,3H2,1-2H3. The van der Waals surface area contributed by atoms with E-state index in [-0.39, 0.29) is 5.82 Å². The monoisotopic (exact) mass is 309 g/mol. The van der Waals surface area contributed by atoms with E-state index in [0.717, 1.165) is 22.8 Å². The third-order valence-corrected chi connectivity index (χ3v) is 3.81. The van der Waals surface area contributed by atoms with Crippen LogP contribution in [0.15, 0.2) is 42.6 Å². The molecule has 23 heavy (non-hydrogen) atoms. The third kappa shape index (κ3) is 2.93. The molecule has 4 heteroatoms. The minimum Gasteiger partial charge on any atom is -0.456 e. The molecule has 0 aliphatic rings. The van der Waals surface area contributed by atoms with Crippen LogP contribution in [0.4, 0.5) is 4.39 Å². The number of benzene rings is 2. The van der Waals surface area contributed by atoms with Gasteiger partial charge in [-0.2, -0.15) is 0 Å². The van der Waals surface area contributed by atoms with Gasteiger partial charge in [0.2, 0.25) is 0 Å². The van der Waals surface area contributed by atoms with Gasteiger partial charge >= 0.3 is 0 Å². The quantitative estimate of drug-likeness (QED) is 0.647. The number of aldehydes is 1. The summed E-state index contributed by atoms with van der Waals surface area (Å²) in [6, 6.07) is 10.1. The van der Waals surface area contributed by atoms with E-state index in [1.165, 1.54) is 6.07 Å². The Balaban J connectivity index is 2.08. The maximum absolute atomic E-state index is 14.0. The predicted octanol–water partition coefficient (Wildman–Crippen LogP) is 4.85. The van der Waals surface area contributed by atoms with Crippen LogP contribution in [0.1, 0.15) is 28.4 Å². The molecular weight excluding hydrogens is 293 g/mol. The van der Waals surface area contributed by atoms with Crippen molar-refractivity contribution in [3.8, 4) is 11.5 Å². The number of aromatic nitrogens is 1. The molecule has 0 spiro atoms. The average Bonchev–Trinajstić information content (AvgIpc) is 2.57. The second kappa shape index (κ2) is 6.16. The first-order chi connectivity index (χ1) is 11.1. The van der Waals surface area contributed by atoms with Gasteiger partial charge in [-0.1, -0.05) is 6.92 Å². The number of hydrogen-bond acceptors (Lipinski definition) is 3. The van der Waals surface area contributed by atoms with Crippen LogP contribution in [0.2, 0.25) is 0 Å². The molecule has 3 nitrogen and oxygen atoms in total. The Bertz CT molecular complexity index is 890. The van der Waals surface area contributed by atoms with E-state index in [0.29, 0.717) is 29.0 Å². The molecule has 0 amide bonds. The van der Waals surface area contributed by atoms with Crippen LogP contribution < -0.4 is 4.74 Å². The zero-order valence-corrected chi connectivity index (χ0v) is 13.0. The van der Waals surface area contributed by atoms with Gasteiger partial charge in [-0.3, -0.25) is 9.78 Å². The van der Waals surface area contributed by atoms with Crippen molar-refractivity contribution in [2.24, 2.45) is 0 Å². The molecule has 0 radical (unpaired) electrons. The van der Waals surface area contributed by atoms with Crippen LogP contribution in [0, 0.1) is 12.7 Å². The number of carbonyl (C=O) groups excluding carboxylic acids is 1. The van der Waals surface area contributed by atoms with Crippen LogP contribution in [0.5, 0.6) is 11.5 Å². The average molecular weight is 309 g/mol. The van der Waals surface area contributed by atoms with Crippen molar-refractivity contribution >= 4 is 17.2 Å². The second-order valence-electron chi connectivity index (χ2n) is 5.37. The number of carbonyl (C=O) groups is 1. The lowest BCUT2D eigenvalue weighted by molar-refractivity contribution is 0.112. The smallest absolute Gasteiger partial charge is 0.150 e. The highest BCUT2D eigenvalue weighted by Gasteiger charge is 2.11. The Kier molecular flexibility index (Phi) is 4.06. The molecule has 1 heterocycles. The maximum atomic E-state index is 14.0. The van der Waals surface area contributed by atoms with Gasteiger partial charge in [0.15, 0.2) is 0 Å². The summed E-state index contributed by atoms with van der Waals surface area (Å²) < 4.78 is 19.9. The van der Waals surface area contributed by atoms with Gasteiger partial charge < -0.3 is 4.74 Å². The first-order valence-corrected chi connectivity index (χ1v) is 7.43. The van der Waals surface area contributed by atoms with Gasteiger partial charge in [-0.05, 0) is 54.8 Å². The number of rotatable bonds is 4. The molecule has 0 saturated heterocycles. The summed E-state index contributed by atoms with van der Waals surface area (Å²) in [6.45, 7) is 3.80. The normalized spacial score (nSPS) is 10.7. The van der Waals surface area contributed by atoms with Crippen molar-refractivity contribution in [3.63, 3.8) is 0 Å². The third-order valence-electron chi connectivity index (χ3n) is 3.81. The molecule has 0 fully saturated rings. The molecule has 3 aromatic rings. The number of ether oxygens (including phenoxy) is 1. The van der Waals surface area contributed by atoms with Crippen LogP contribution in [-0.4, -0.2) is 11.3 Å². The van der Waals surface area contributed by atoms with E-state index in [1.807, 2.05) is 13.8 Å².